The fraction of sp³-hybridized carbons (Fsp3) is 0.462. The molecule has 0 unspecified atom stereocenters. The molecular formula is C13H17N5O. The predicted octanol–water partition coefficient (Wildman–Crippen LogP) is 2.43. The van der Waals surface area contributed by atoms with Crippen LogP contribution in [0.15, 0.2) is 16.7 Å². The van der Waals surface area contributed by atoms with Crippen molar-refractivity contribution in [3.05, 3.63) is 23.6 Å². The van der Waals surface area contributed by atoms with E-state index in [0.29, 0.717) is 11.8 Å². The normalized spacial score (nSPS) is 14.9. The topological polar surface area (TPSA) is 67.1 Å². The SMILES string of the molecule is Cc1cc(N2CCCC2)nc(Nc2cc(C)on2)n1. The maximum Gasteiger partial charge on any atom is 0.230 e. The van der Waals surface area contributed by atoms with E-state index < -0.39 is 0 Å². The van der Waals surface area contributed by atoms with Gasteiger partial charge in [-0.3, -0.25) is 0 Å². The van der Waals surface area contributed by atoms with E-state index in [2.05, 4.69) is 25.3 Å². The Morgan fingerprint density at radius 2 is 1.95 bits per heavy atom. The molecule has 0 radical (unpaired) electrons. The molecule has 19 heavy (non-hydrogen) atoms. The molecule has 2 aromatic rings. The first-order valence-corrected chi connectivity index (χ1v) is 6.52. The quantitative estimate of drug-likeness (QED) is 0.913. The summed E-state index contributed by atoms with van der Waals surface area (Å²) < 4.78 is 5.02. The van der Waals surface area contributed by atoms with Crippen LogP contribution >= 0.6 is 0 Å². The second-order valence-corrected chi connectivity index (χ2v) is 4.83. The number of hydrogen-bond donors (Lipinski definition) is 1. The number of nitrogens with zero attached hydrogens (tertiary/aromatic N) is 4. The maximum absolute atomic E-state index is 5.02. The molecule has 3 rings (SSSR count). The van der Waals surface area contributed by atoms with Gasteiger partial charge in [0.1, 0.15) is 11.6 Å². The number of nitrogens with one attached hydrogen (secondary N) is 1. The lowest BCUT2D eigenvalue weighted by molar-refractivity contribution is 0.400. The molecule has 0 saturated carbocycles. The van der Waals surface area contributed by atoms with Gasteiger partial charge in [0.2, 0.25) is 5.95 Å². The first-order chi connectivity index (χ1) is 9.20. The van der Waals surface area contributed by atoms with E-state index in [-0.39, 0.29) is 0 Å². The van der Waals surface area contributed by atoms with Crippen molar-refractivity contribution in [3.63, 3.8) is 0 Å². The molecule has 1 aliphatic rings. The minimum atomic E-state index is 0.565. The van der Waals surface area contributed by atoms with Crippen molar-refractivity contribution in [2.24, 2.45) is 0 Å². The number of rotatable bonds is 3. The molecule has 0 atom stereocenters. The summed E-state index contributed by atoms with van der Waals surface area (Å²) in [6, 6.07) is 3.84. The van der Waals surface area contributed by atoms with Gasteiger partial charge in [0.05, 0.1) is 0 Å². The summed E-state index contributed by atoms with van der Waals surface area (Å²) in [5.74, 6) is 2.94. The molecule has 1 saturated heterocycles. The molecule has 6 nitrogen and oxygen atoms in total. The molecule has 0 aromatic carbocycles. The predicted molar refractivity (Wildman–Crippen MR) is 72.7 cm³/mol. The van der Waals surface area contributed by atoms with Crippen LogP contribution in [0.5, 0.6) is 0 Å². The van der Waals surface area contributed by atoms with Gasteiger partial charge in [0.25, 0.3) is 0 Å². The maximum atomic E-state index is 5.02. The average Bonchev–Trinajstić information content (AvgIpc) is 3.00. The van der Waals surface area contributed by atoms with Crippen LogP contribution in [0.1, 0.15) is 24.3 Å². The number of anilines is 3. The van der Waals surface area contributed by atoms with Gasteiger partial charge in [0.15, 0.2) is 5.82 Å². The van der Waals surface area contributed by atoms with Crippen molar-refractivity contribution < 1.29 is 4.52 Å². The zero-order valence-corrected chi connectivity index (χ0v) is 11.2. The van der Waals surface area contributed by atoms with Crippen molar-refractivity contribution in [2.45, 2.75) is 26.7 Å². The van der Waals surface area contributed by atoms with Crippen molar-refractivity contribution in [3.8, 4) is 0 Å². The Bertz CT molecular complexity index is 574. The fourth-order valence-corrected chi connectivity index (χ4v) is 2.26. The highest BCUT2D eigenvalue weighted by Gasteiger charge is 2.15. The third-order valence-corrected chi connectivity index (χ3v) is 3.14. The minimum Gasteiger partial charge on any atom is -0.360 e. The summed E-state index contributed by atoms with van der Waals surface area (Å²) >= 11 is 0. The van der Waals surface area contributed by atoms with E-state index in [1.165, 1.54) is 12.8 Å². The highest BCUT2D eigenvalue weighted by Crippen LogP contribution is 2.21. The highest BCUT2D eigenvalue weighted by atomic mass is 16.5. The monoisotopic (exact) mass is 259 g/mol. The van der Waals surface area contributed by atoms with Crippen LogP contribution in [0.25, 0.3) is 0 Å². The molecule has 1 aliphatic heterocycles. The molecule has 1 fully saturated rings. The molecular weight excluding hydrogens is 242 g/mol. The summed E-state index contributed by atoms with van der Waals surface area (Å²) in [6.45, 7) is 5.96. The van der Waals surface area contributed by atoms with E-state index in [9.17, 15) is 0 Å². The second kappa shape index (κ2) is 4.87. The molecule has 0 spiro atoms. The first-order valence-electron chi connectivity index (χ1n) is 6.52. The standard InChI is InChI=1S/C13H17N5O/c1-9-7-12(18-5-3-4-6-18)16-13(14-9)15-11-8-10(2)19-17-11/h7-8H,3-6H2,1-2H3,(H,14,15,16,17). The van der Waals surface area contributed by atoms with Crippen LogP contribution < -0.4 is 10.2 Å². The zero-order valence-electron chi connectivity index (χ0n) is 11.2. The van der Waals surface area contributed by atoms with Crippen molar-refractivity contribution in [1.82, 2.24) is 15.1 Å². The van der Waals surface area contributed by atoms with Crippen LogP contribution in [-0.2, 0) is 0 Å². The summed E-state index contributed by atoms with van der Waals surface area (Å²) in [7, 11) is 0. The van der Waals surface area contributed by atoms with Crippen LogP contribution in [-0.4, -0.2) is 28.2 Å². The fourth-order valence-electron chi connectivity index (χ4n) is 2.26. The minimum absolute atomic E-state index is 0.565. The van der Waals surface area contributed by atoms with E-state index in [4.69, 9.17) is 4.52 Å². The lowest BCUT2D eigenvalue weighted by atomic mass is 10.4. The van der Waals surface area contributed by atoms with Crippen molar-refractivity contribution >= 4 is 17.6 Å². The largest absolute Gasteiger partial charge is 0.360 e. The number of aryl methyl sites for hydroxylation is 2. The van der Waals surface area contributed by atoms with Gasteiger partial charge in [-0.15, -0.1) is 0 Å². The molecule has 2 aromatic heterocycles. The summed E-state index contributed by atoms with van der Waals surface area (Å²) in [5.41, 5.74) is 0.944. The van der Waals surface area contributed by atoms with E-state index >= 15 is 0 Å². The third-order valence-electron chi connectivity index (χ3n) is 3.14. The van der Waals surface area contributed by atoms with Crippen molar-refractivity contribution in [2.75, 3.05) is 23.3 Å². The Kier molecular flexibility index (Phi) is 3.06. The molecule has 0 amide bonds. The Hall–Kier alpha value is -2.11. The van der Waals surface area contributed by atoms with Gasteiger partial charge in [-0.2, -0.15) is 4.98 Å². The summed E-state index contributed by atoms with van der Waals surface area (Å²) in [6.07, 6.45) is 2.46. The Morgan fingerprint density at radius 1 is 1.16 bits per heavy atom. The molecule has 100 valence electrons. The first kappa shape index (κ1) is 12.0. The lowest BCUT2D eigenvalue weighted by Gasteiger charge is -2.17. The summed E-state index contributed by atoms with van der Waals surface area (Å²) in [5, 5.41) is 6.96. The van der Waals surface area contributed by atoms with E-state index in [0.717, 1.165) is 30.4 Å². The molecule has 1 N–H and O–H groups in total. The van der Waals surface area contributed by atoms with Gasteiger partial charge in [-0.25, -0.2) is 4.98 Å². The van der Waals surface area contributed by atoms with Gasteiger partial charge in [-0.1, -0.05) is 5.16 Å². The molecule has 3 heterocycles. The van der Waals surface area contributed by atoms with Gasteiger partial charge in [-0.05, 0) is 26.7 Å². The third kappa shape index (κ3) is 2.67. The molecule has 0 bridgehead atoms. The van der Waals surface area contributed by atoms with Crippen LogP contribution in [0.2, 0.25) is 0 Å². The van der Waals surface area contributed by atoms with Gasteiger partial charge < -0.3 is 14.7 Å². The highest BCUT2D eigenvalue weighted by molar-refractivity contribution is 5.52. The molecule has 6 heteroatoms. The Balaban J connectivity index is 1.84. The number of hydrogen-bond acceptors (Lipinski definition) is 6. The van der Waals surface area contributed by atoms with Crippen LogP contribution in [0, 0.1) is 13.8 Å². The summed E-state index contributed by atoms with van der Waals surface area (Å²) in [4.78, 5) is 11.2. The van der Waals surface area contributed by atoms with Crippen LogP contribution in [0.3, 0.4) is 0 Å². The molecule has 0 aliphatic carbocycles. The number of aromatic nitrogens is 3. The average molecular weight is 259 g/mol. The Labute approximate surface area is 111 Å². The second-order valence-electron chi connectivity index (χ2n) is 4.83. The van der Waals surface area contributed by atoms with Gasteiger partial charge >= 0.3 is 0 Å². The van der Waals surface area contributed by atoms with Crippen molar-refractivity contribution in [1.29, 1.82) is 0 Å². The zero-order chi connectivity index (χ0) is 13.2. The van der Waals surface area contributed by atoms with E-state index in [1.807, 2.05) is 26.0 Å². The van der Waals surface area contributed by atoms with E-state index in [1.54, 1.807) is 0 Å². The van der Waals surface area contributed by atoms with Crippen LogP contribution in [0.4, 0.5) is 17.6 Å². The lowest BCUT2D eigenvalue weighted by Crippen LogP contribution is -2.19. The smallest absolute Gasteiger partial charge is 0.230 e. The Morgan fingerprint density at radius 3 is 2.63 bits per heavy atom. The van der Waals surface area contributed by atoms with Gasteiger partial charge in [0, 0.05) is 30.9 Å².